The summed E-state index contributed by atoms with van der Waals surface area (Å²) in [7, 11) is 1.35. The van der Waals surface area contributed by atoms with E-state index in [4.69, 9.17) is 9.47 Å². The molecule has 0 saturated carbocycles. The number of carbonyl (C=O) groups excluding carboxylic acids is 2. The molecule has 0 fully saturated rings. The van der Waals surface area contributed by atoms with Gasteiger partial charge in [-0.05, 0) is 47.0 Å². The van der Waals surface area contributed by atoms with E-state index in [0.29, 0.717) is 6.42 Å². The van der Waals surface area contributed by atoms with Crippen molar-refractivity contribution in [2.45, 2.75) is 72.6 Å². The number of amides is 1. The largest absolute Gasteiger partial charge is 0.468 e. The van der Waals surface area contributed by atoms with E-state index in [9.17, 15) is 9.59 Å². The van der Waals surface area contributed by atoms with E-state index >= 15 is 0 Å². The van der Waals surface area contributed by atoms with Gasteiger partial charge < -0.3 is 9.47 Å². The molecule has 0 bridgehead atoms. The van der Waals surface area contributed by atoms with Crippen molar-refractivity contribution in [1.82, 2.24) is 10.4 Å². The second-order valence-corrected chi connectivity index (χ2v) is 6.78. The summed E-state index contributed by atoms with van der Waals surface area (Å²) in [6.45, 7) is 13.2. The Balaban J connectivity index is 5.06. The highest BCUT2D eigenvalue weighted by molar-refractivity contribution is 5.76. The van der Waals surface area contributed by atoms with E-state index < -0.39 is 17.7 Å². The number of methoxy groups -OCH3 is 1. The van der Waals surface area contributed by atoms with Gasteiger partial charge in [-0.15, -0.1) is 0 Å². The van der Waals surface area contributed by atoms with Gasteiger partial charge in [-0.1, -0.05) is 13.8 Å². The smallest absolute Gasteiger partial charge is 0.422 e. The first-order valence-electron chi connectivity index (χ1n) is 7.33. The fourth-order valence-corrected chi connectivity index (χ4v) is 1.88. The Kier molecular flexibility index (Phi) is 7.71. The van der Waals surface area contributed by atoms with Crippen LogP contribution >= 0.6 is 0 Å². The molecule has 0 aliphatic carbocycles. The average molecular weight is 302 g/mol. The number of carbonyl (C=O) groups is 2. The SMILES string of the molecule is COC(=O)[C@@H](CC(C)C)N(NC(=O)OC(C)(C)C)C(C)C. The van der Waals surface area contributed by atoms with Crippen LogP contribution in [0.3, 0.4) is 0 Å². The molecule has 1 amide bonds. The number of nitrogens with zero attached hydrogens (tertiary/aromatic N) is 1. The summed E-state index contributed by atoms with van der Waals surface area (Å²) in [4.78, 5) is 24.0. The van der Waals surface area contributed by atoms with Gasteiger partial charge in [0.2, 0.25) is 0 Å². The average Bonchev–Trinajstić information content (AvgIpc) is 2.29. The van der Waals surface area contributed by atoms with Gasteiger partial charge in [-0.25, -0.2) is 9.80 Å². The van der Waals surface area contributed by atoms with Crippen LogP contribution in [0.1, 0.15) is 54.9 Å². The maximum Gasteiger partial charge on any atom is 0.422 e. The number of rotatable bonds is 6. The number of esters is 1. The van der Waals surface area contributed by atoms with Gasteiger partial charge in [-0.3, -0.25) is 10.2 Å². The van der Waals surface area contributed by atoms with Gasteiger partial charge in [0.1, 0.15) is 11.6 Å². The van der Waals surface area contributed by atoms with E-state index in [0.717, 1.165) is 0 Å². The Morgan fingerprint density at radius 3 is 2.00 bits per heavy atom. The topological polar surface area (TPSA) is 67.9 Å². The molecule has 0 aliphatic rings. The second kappa shape index (κ2) is 8.22. The van der Waals surface area contributed by atoms with Crippen LogP contribution in [-0.2, 0) is 14.3 Å². The molecule has 1 N–H and O–H groups in total. The van der Waals surface area contributed by atoms with E-state index in [-0.39, 0.29) is 17.9 Å². The predicted octanol–water partition coefficient (Wildman–Crippen LogP) is 2.72. The zero-order valence-corrected chi connectivity index (χ0v) is 14.5. The molecule has 0 saturated heterocycles. The quantitative estimate of drug-likeness (QED) is 0.603. The minimum Gasteiger partial charge on any atom is -0.468 e. The van der Waals surface area contributed by atoms with Gasteiger partial charge in [0, 0.05) is 6.04 Å². The zero-order valence-electron chi connectivity index (χ0n) is 14.5. The summed E-state index contributed by atoms with van der Waals surface area (Å²) in [5, 5.41) is 1.60. The summed E-state index contributed by atoms with van der Waals surface area (Å²) in [5.74, 6) is -0.0794. The van der Waals surface area contributed by atoms with Crippen molar-refractivity contribution in [2.75, 3.05) is 7.11 Å². The van der Waals surface area contributed by atoms with Crippen LogP contribution in [-0.4, -0.2) is 41.9 Å². The normalized spacial score (nSPS) is 13.5. The standard InChI is InChI=1S/C15H30N2O4/c1-10(2)9-12(13(18)20-8)17(11(3)4)16-14(19)21-15(5,6)7/h10-12H,9H2,1-8H3,(H,16,19)/t12-/m1/s1. The number of hydrogen-bond acceptors (Lipinski definition) is 5. The molecular weight excluding hydrogens is 272 g/mol. The molecule has 21 heavy (non-hydrogen) atoms. The number of hydrogen-bond donors (Lipinski definition) is 1. The van der Waals surface area contributed by atoms with Crippen LogP contribution in [0, 0.1) is 5.92 Å². The Bertz CT molecular complexity index is 348. The number of ether oxygens (including phenoxy) is 2. The first-order chi connectivity index (χ1) is 9.47. The van der Waals surface area contributed by atoms with Gasteiger partial charge in [-0.2, -0.15) is 0 Å². The summed E-state index contributed by atoms with van der Waals surface area (Å²) in [6, 6.07) is -0.608. The Morgan fingerprint density at radius 1 is 1.14 bits per heavy atom. The lowest BCUT2D eigenvalue weighted by molar-refractivity contribution is -0.150. The molecule has 0 radical (unpaired) electrons. The number of hydrazine groups is 1. The summed E-state index contributed by atoms with van der Waals surface area (Å²) >= 11 is 0. The molecule has 1 atom stereocenters. The van der Waals surface area contributed by atoms with E-state index in [1.54, 1.807) is 25.8 Å². The molecule has 0 spiro atoms. The van der Waals surface area contributed by atoms with Crippen LogP contribution in [0.2, 0.25) is 0 Å². The van der Waals surface area contributed by atoms with E-state index in [2.05, 4.69) is 5.43 Å². The summed E-state index contributed by atoms with van der Waals surface area (Å²) < 4.78 is 10.1. The lowest BCUT2D eigenvalue weighted by Crippen LogP contribution is -2.56. The molecule has 6 heteroatoms. The Morgan fingerprint density at radius 2 is 1.67 bits per heavy atom. The lowest BCUT2D eigenvalue weighted by atomic mass is 10.0. The van der Waals surface area contributed by atoms with Crippen molar-refractivity contribution in [1.29, 1.82) is 0 Å². The third kappa shape index (κ3) is 7.90. The summed E-state index contributed by atoms with van der Waals surface area (Å²) in [6.07, 6.45) is 0.00885. The van der Waals surface area contributed by atoms with Crippen molar-refractivity contribution < 1.29 is 19.1 Å². The molecule has 124 valence electrons. The highest BCUT2D eigenvalue weighted by Gasteiger charge is 2.32. The van der Waals surface area contributed by atoms with Crippen LogP contribution in [0.25, 0.3) is 0 Å². The van der Waals surface area contributed by atoms with Gasteiger partial charge in [0.15, 0.2) is 0 Å². The van der Waals surface area contributed by atoms with Crippen molar-refractivity contribution in [3.63, 3.8) is 0 Å². The predicted molar refractivity (Wildman–Crippen MR) is 81.6 cm³/mol. The maximum atomic E-state index is 12.0. The molecule has 0 rings (SSSR count). The molecule has 6 nitrogen and oxygen atoms in total. The minimum atomic E-state index is -0.592. The van der Waals surface area contributed by atoms with E-state index in [1.165, 1.54) is 7.11 Å². The van der Waals surface area contributed by atoms with Gasteiger partial charge in [0.05, 0.1) is 7.11 Å². The first kappa shape index (κ1) is 19.7. The van der Waals surface area contributed by atoms with Crippen LogP contribution < -0.4 is 5.43 Å². The highest BCUT2D eigenvalue weighted by atomic mass is 16.6. The maximum absolute atomic E-state index is 12.0. The minimum absolute atomic E-state index is 0.0691. The van der Waals surface area contributed by atoms with Crippen molar-refractivity contribution >= 4 is 12.1 Å². The molecule has 0 heterocycles. The Hall–Kier alpha value is -1.30. The highest BCUT2D eigenvalue weighted by Crippen LogP contribution is 2.15. The summed E-state index contributed by atoms with van der Waals surface area (Å²) in [5.41, 5.74) is 2.07. The van der Waals surface area contributed by atoms with Gasteiger partial charge >= 0.3 is 12.1 Å². The van der Waals surface area contributed by atoms with Crippen LogP contribution in [0.4, 0.5) is 4.79 Å². The van der Waals surface area contributed by atoms with Crippen molar-refractivity contribution in [2.24, 2.45) is 5.92 Å². The Labute approximate surface area is 128 Å². The van der Waals surface area contributed by atoms with Crippen LogP contribution in [0.15, 0.2) is 0 Å². The van der Waals surface area contributed by atoms with Crippen LogP contribution in [0.5, 0.6) is 0 Å². The molecule has 0 aromatic heterocycles. The second-order valence-electron chi connectivity index (χ2n) is 6.78. The molecule has 0 aromatic carbocycles. The first-order valence-corrected chi connectivity index (χ1v) is 7.33. The molecular formula is C15H30N2O4. The molecule has 0 unspecified atom stereocenters. The number of nitrogens with one attached hydrogen (secondary N) is 1. The fourth-order valence-electron chi connectivity index (χ4n) is 1.88. The van der Waals surface area contributed by atoms with Crippen molar-refractivity contribution in [3.05, 3.63) is 0 Å². The third-order valence-corrected chi connectivity index (χ3v) is 2.68. The monoisotopic (exact) mass is 302 g/mol. The lowest BCUT2D eigenvalue weighted by Gasteiger charge is -2.34. The zero-order chi connectivity index (χ0) is 16.8. The third-order valence-electron chi connectivity index (χ3n) is 2.68. The van der Waals surface area contributed by atoms with Gasteiger partial charge in [0.25, 0.3) is 0 Å². The fraction of sp³-hybridized carbons (Fsp3) is 0.867. The van der Waals surface area contributed by atoms with E-state index in [1.807, 2.05) is 27.7 Å². The molecule has 0 aliphatic heterocycles. The van der Waals surface area contributed by atoms with Crippen molar-refractivity contribution in [3.8, 4) is 0 Å². The molecule has 0 aromatic rings.